The van der Waals surface area contributed by atoms with Crippen molar-refractivity contribution in [3.63, 3.8) is 0 Å². The Hall–Kier alpha value is -1.95. The molecule has 1 aromatic carbocycles. The fourth-order valence-electron chi connectivity index (χ4n) is 2.85. The molecule has 6 heteroatoms. The molecule has 0 spiro atoms. The second-order valence-electron chi connectivity index (χ2n) is 5.87. The molecule has 0 aliphatic heterocycles. The lowest BCUT2D eigenvalue weighted by atomic mass is 9.76. The number of carbonyl (C=O) groups excluding carboxylic acids is 2. The van der Waals surface area contributed by atoms with Crippen LogP contribution in [0.3, 0.4) is 0 Å². The number of hydrogen-bond acceptors (Lipinski definition) is 3. The number of halogens is 1. The van der Waals surface area contributed by atoms with Gasteiger partial charge in [0.1, 0.15) is 5.82 Å². The SMILES string of the molecule is CC1CCCC(N)(C(=O)Nc2ccc(F)c(C(N)=O)c2)C1. The van der Waals surface area contributed by atoms with Gasteiger partial charge >= 0.3 is 0 Å². The fraction of sp³-hybridized carbons (Fsp3) is 0.467. The molecule has 5 nitrogen and oxygen atoms in total. The van der Waals surface area contributed by atoms with Crippen LogP contribution in [0.25, 0.3) is 0 Å². The Morgan fingerprint density at radius 1 is 1.43 bits per heavy atom. The first kappa shape index (κ1) is 15.4. The fourth-order valence-corrected chi connectivity index (χ4v) is 2.85. The van der Waals surface area contributed by atoms with E-state index < -0.39 is 17.3 Å². The van der Waals surface area contributed by atoms with Crippen molar-refractivity contribution in [1.82, 2.24) is 0 Å². The summed E-state index contributed by atoms with van der Waals surface area (Å²) in [6.07, 6.45) is 3.20. The molecular weight excluding hydrogens is 273 g/mol. The number of benzene rings is 1. The second kappa shape index (κ2) is 5.81. The van der Waals surface area contributed by atoms with Crippen LogP contribution < -0.4 is 16.8 Å². The summed E-state index contributed by atoms with van der Waals surface area (Å²) >= 11 is 0. The van der Waals surface area contributed by atoms with Gasteiger partial charge in [0.15, 0.2) is 0 Å². The minimum Gasteiger partial charge on any atom is -0.366 e. The molecule has 1 aromatic rings. The maximum absolute atomic E-state index is 13.4. The molecule has 2 unspecified atom stereocenters. The van der Waals surface area contributed by atoms with Gasteiger partial charge in [-0.2, -0.15) is 0 Å². The van der Waals surface area contributed by atoms with Crippen molar-refractivity contribution in [3.05, 3.63) is 29.6 Å². The Balaban J connectivity index is 2.16. The van der Waals surface area contributed by atoms with E-state index in [1.807, 2.05) is 0 Å². The van der Waals surface area contributed by atoms with Crippen molar-refractivity contribution in [2.24, 2.45) is 17.4 Å². The number of rotatable bonds is 3. The maximum atomic E-state index is 13.4. The zero-order valence-electron chi connectivity index (χ0n) is 12.0. The molecule has 0 heterocycles. The molecule has 1 aliphatic rings. The lowest BCUT2D eigenvalue weighted by Crippen LogP contribution is -2.53. The van der Waals surface area contributed by atoms with Crippen molar-refractivity contribution in [3.8, 4) is 0 Å². The molecule has 1 fully saturated rings. The highest BCUT2D eigenvalue weighted by Crippen LogP contribution is 2.31. The Labute approximate surface area is 122 Å². The van der Waals surface area contributed by atoms with E-state index in [2.05, 4.69) is 12.2 Å². The Kier molecular flexibility index (Phi) is 4.27. The zero-order valence-corrected chi connectivity index (χ0v) is 12.0. The van der Waals surface area contributed by atoms with Crippen LogP contribution >= 0.6 is 0 Å². The van der Waals surface area contributed by atoms with Gasteiger partial charge in [-0.1, -0.05) is 19.8 Å². The summed E-state index contributed by atoms with van der Waals surface area (Å²) in [4.78, 5) is 23.5. The Morgan fingerprint density at radius 3 is 2.76 bits per heavy atom. The highest BCUT2D eigenvalue weighted by molar-refractivity contribution is 6.00. The van der Waals surface area contributed by atoms with Gasteiger partial charge in [-0.3, -0.25) is 9.59 Å². The first-order valence-electron chi connectivity index (χ1n) is 7.01. The van der Waals surface area contributed by atoms with E-state index in [0.717, 1.165) is 18.9 Å². The molecule has 0 bridgehead atoms. The predicted octanol–water partition coefficient (Wildman–Crippen LogP) is 1.77. The normalized spacial score (nSPS) is 25.4. The molecule has 2 atom stereocenters. The minimum absolute atomic E-state index is 0.254. The van der Waals surface area contributed by atoms with Crippen LogP contribution in [0.1, 0.15) is 43.0 Å². The van der Waals surface area contributed by atoms with Crippen molar-refractivity contribution in [2.45, 2.75) is 38.1 Å². The van der Waals surface area contributed by atoms with E-state index in [-0.39, 0.29) is 11.5 Å². The van der Waals surface area contributed by atoms with Gasteiger partial charge in [0.25, 0.3) is 5.91 Å². The highest BCUT2D eigenvalue weighted by atomic mass is 19.1. The summed E-state index contributed by atoms with van der Waals surface area (Å²) in [5.74, 6) is -1.51. The van der Waals surface area contributed by atoms with Crippen LogP contribution in [0.5, 0.6) is 0 Å². The number of carbonyl (C=O) groups is 2. The predicted molar refractivity (Wildman–Crippen MR) is 78.1 cm³/mol. The number of nitrogens with two attached hydrogens (primary N) is 2. The lowest BCUT2D eigenvalue weighted by molar-refractivity contribution is -0.122. The van der Waals surface area contributed by atoms with Crippen molar-refractivity contribution < 1.29 is 14.0 Å². The Bertz CT molecular complexity index is 576. The summed E-state index contributed by atoms with van der Waals surface area (Å²) in [7, 11) is 0. The summed E-state index contributed by atoms with van der Waals surface area (Å²) in [6.45, 7) is 2.07. The van der Waals surface area contributed by atoms with Crippen LogP contribution in [-0.2, 0) is 4.79 Å². The monoisotopic (exact) mass is 293 g/mol. The quantitative estimate of drug-likeness (QED) is 0.792. The number of amides is 2. The van der Waals surface area contributed by atoms with E-state index in [1.165, 1.54) is 12.1 Å². The molecule has 1 saturated carbocycles. The largest absolute Gasteiger partial charge is 0.366 e. The van der Waals surface area contributed by atoms with E-state index in [4.69, 9.17) is 11.5 Å². The van der Waals surface area contributed by atoms with Crippen LogP contribution in [0.2, 0.25) is 0 Å². The van der Waals surface area contributed by atoms with Gasteiger partial charge in [-0.25, -0.2) is 4.39 Å². The molecule has 0 saturated heterocycles. The van der Waals surface area contributed by atoms with E-state index >= 15 is 0 Å². The summed E-state index contributed by atoms with van der Waals surface area (Å²) in [5.41, 5.74) is 10.4. The molecular formula is C15H20FN3O2. The van der Waals surface area contributed by atoms with E-state index in [0.29, 0.717) is 24.4 Å². The number of primary amides is 1. The number of hydrogen-bond donors (Lipinski definition) is 3. The van der Waals surface area contributed by atoms with Crippen LogP contribution in [-0.4, -0.2) is 17.4 Å². The van der Waals surface area contributed by atoms with E-state index in [9.17, 15) is 14.0 Å². The third-order valence-electron chi connectivity index (χ3n) is 3.97. The highest BCUT2D eigenvalue weighted by Gasteiger charge is 2.38. The molecule has 21 heavy (non-hydrogen) atoms. The van der Waals surface area contributed by atoms with Crippen LogP contribution in [0.15, 0.2) is 18.2 Å². The minimum atomic E-state index is -0.918. The number of nitrogens with one attached hydrogen (secondary N) is 1. The van der Waals surface area contributed by atoms with Gasteiger partial charge in [-0.05, 0) is 37.0 Å². The van der Waals surface area contributed by atoms with Gasteiger partial charge in [0.2, 0.25) is 5.91 Å². The molecule has 1 aliphatic carbocycles. The average Bonchev–Trinajstić information content (AvgIpc) is 2.40. The topological polar surface area (TPSA) is 98.2 Å². The summed E-state index contributed by atoms with van der Waals surface area (Å²) in [5, 5.41) is 2.66. The van der Waals surface area contributed by atoms with Crippen LogP contribution in [0.4, 0.5) is 10.1 Å². The molecule has 114 valence electrons. The van der Waals surface area contributed by atoms with Gasteiger partial charge in [-0.15, -0.1) is 0 Å². The smallest absolute Gasteiger partial charge is 0.251 e. The lowest BCUT2D eigenvalue weighted by Gasteiger charge is -2.35. The standard InChI is InChI=1S/C15H20FN3O2/c1-9-3-2-6-15(18,8-9)14(21)19-10-4-5-12(16)11(7-10)13(17)20/h4-5,7,9H,2-3,6,8,18H2,1H3,(H2,17,20)(H,19,21). The van der Waals surface area contributed by atoms with E-state index in [1.54, 1.807) is 0 Å². The first-order valence-corrected chi connectivity index (χ1v) is 7.01. The average molecular weight is 293 g/mol. The third kappa shape index (κ3) is 3.39. The van der Waals surface area contributed by atoms with Crippen molar-refractivity contribution in [1.29, 1.82) is 0 Å². The summed E-state index contributed by atoms with van der Waals surface area (Å²) in [6, 6.07) is 3.71. The third-order valence-corrected chi connectivity index (χ3v) is 3.97. The zero-order chi connectivity index (χ0) is 15.6. The van der Waals surface area contributed by atoms with Gasteiger partial charge in [0, 0.05) is 5.69 Å². The maximum Gasteiger partial charge on any atom is 0.251 e. The molecule has 0 radical (unpaired) electrons. The Morgan fingerprint density at radius 2 is 2.14 bits per heavy atom. The van der Waals surface area contributed by atoms with Crippen LogP contribution in [0, 0.1) is 11.7 Å². The molecule has 0 aromatic heterocycles. The summed E-state index contributed by atoms with van der Waals surface area (Å²) < 4.78 is 13.4. The first-order chi connectivity index (χ1) is 9.82. The van der Waals surface area contributed by atoms with Crippen molar-refractivity contribution in [2.75, 3.05) is 5.32 Å². The van der Waals surface area contributed by atoms with Gasteiger partial charge < -0.3 is 16.8 Å². The number of anilines is 1. The van der Waals surface area contributed by atoms with Crippen molar-refractivity contribution >= 4 is 17.5 Å². The second-order valence-corrected chi connectivity index (χ2v) is 5.87. The molecule has 5 N–H and O–H groups in total. The van der Waals surface area contributed by atoms with Gasteiger partial charge in [0.05, 0.1) is 11.1 Å². The molecule has 2 amide bonds. The molecule has 2 rings (SSSR count).